The van der Waals surface area contributed by atoms with Crippen LogP contribution >= 0.6 is 18.5 Å². The van der Waals surface area contributed by atoms with Crippen LogP contribution in [-0.2, 0) is 35.0 Å². The third-order valence-electron chi connectivity index (χ3n) is 3.80. The number of hydrogen-bond donors (Lipinski definition) is 0. The highest BCUT2D eigenvalue weighted by Gasteiger charge is 2.14. The van der Waals surface area contributed by atoms with Crippen molar-refractivity contribution >= 4 is 18.5 Å². The Bertz CT molecular complexity index is 674. The van der Waals surface area contributed by atoms with Gasteiger partial charge < -0.3 is 9.47 Å². The van der Waals surface area contributed by atoms with Gasteiger partial charge in [-0.05, 0) is 52.3 Å². The van der Waals surface area contributed by atoms with Crippen molar-refractivity contribution in [3.8, 4) is 11.1 Å². The van der Waals surface area contributed by atoms with Crippen LogP contribution in [0.3, 0.4) is 0 Å². The van der Waals surface area contributed by atoms with E-state index in [-0.39, 0.29) is 5.82 Å². The maximum atomic E-state index is 14.6. The van der Waals surface area contributed by atoms with Crippen molar-refractivity contribution in [2.45, 2.75) is 25.5 Å². The quantitative estimate of drug-likeness (QED) is 0.682. The number of benzene rings is 2. The van der Waals surface area contributed by atoms with Gasteiger partial charge in [0.05, 0.1) is 13.2 Å². The van der Waals surface area contributed by atoms with Crippen LogP contribution in [0.25, 0.3) is 11.1 Å². The summed E-state index contributed by atoms with van der Waals surface area (Å²) >= 11 is 0. The molecule has 2 nitrogen and oxygen atoms in total. The Morgan fingerprint density at radius 2 is 1.52 bits per heavy atom. The predicted molar refractivity (Wildman–Crippen MR) is 100 cm³/mol. The Labute approximate surface area is 142 Å². The molecule has 0 amide bonds. The zero-order chi connectivity index (χ0) is 16.8. The summed E-state index contributed by atoms with van der Waals surface area (Å²) in [5.74, 6) is -0.204. The van der Waals surface area contributed by atoms with E-state index < -0.39 is 0 Å². The lowest BCUT2D eigenvalue weighted by molar-refractivity contribution is 0.182. The highest BCUT2D eigenvalue weighted by Crippen LogP contribution is 2.32. The number of hydrogen-bond acceptors (Lipinski definition) is 2. The van der Waals surface area contributed by atoms with Gasteiger partial charge in [0.15, 0.2) is 0 Å². The van der Waals surface area contributed by atoms with Crippen molar-refractivity contribution in [2.75, 3.05) is 14.2 Å². The average Bonchev–Trinajstić information content (AvgIpc) is 2.56. The Kier molecular flexibility index (Phi) is 7.11. The predicted octanol–water partition coefficient (Wildman–Crippen LogP) is 4.54. The third kappa shape index (κ3) is 4.37. The lowest BCUT2D eigenvalue weighted by Crippen LogP contribution is -2.01. The molecule has 2 rings (SSSR count). The topological polar surface area (TPSA) is 18.5 Å². The minimum Gasteiger partial charge on any atom is -0.380 e. The SMILES string of the molecule is COCc1cc(-c2ccc(CP)cc2F)c(COC)cc1CP. The fraction of sp³-hybridized carbons (Fsp3) is 0.333. The lowest BCUT2D eigenvalue weighted by atomic mass is 9.93. The average molecular weight is 352 g/mol. The second kappa shape index (κ2) is 8.85. The van der Waals surface area contributed by atoms with Gasteiger partial charge in [-0.15, -0.1) is 18.5 Å². The maximum absolute atomic E-state index is 14.6. The molecule has 0 aliphatic carbocycles. The molecule has 124 valence electrons. The van der Waals surface area contributed by atoms with Gasteiger partial charge >= 0.3 is 0 Å². The first-order valence-electron chi connectivity index (χ1n) is 7.46. The fourth-order valence-corrected chi connectivity index (χ4v) is 3.28. The summed E-state index contributed by atoms with van der Waals surface area (Å²) in [5.41, 5.74) is 5.67. The van der Waals surface area contributed by atoms with Crippen LogP contribution in [0.1, 0.15) is 22.3 Å². The zero-order valence-corrected chi connectivity index (χ0v) is 15.9. The summed E-state index contributed by atoms with van der Waals surface area (Å²) in [6.07, 6.45) is 1.56. The maximum Gasteiger partial charge on any atom is 0.131 e. The highest BCUT2D eigenvalue weighted by atomic mass is 31.0. The van der Waals surface area contributed by atoms with E-state index in [1.165, 1.54) is 5.56 Å². The molecule has 2 aromatic carbocycles. The van der Waals surface area contributed by atoms with Crippen LogP contribution in [0.15, 0.2) is 30.3 Å². The van der Waals surface area contributed by atoms with Gasteiger partial charge in [-0.1, -0.05) is 18.2 Å². The smallest absolute Gasteiger partial charge is 0.131 e. The fourth-order valence-electron chi connectivity index (χ4n) is 2.65. The van der Waals surface area contributed by atoms with E-state index in [9.17, 15) is 4.39 Å². The summed E-state index contributed by atoms with van der Waals surface area (Å²) in [6.45, 7) is 0.959. The van der Waals surface area contributed by atoms with Crippen molar-refractivity contribution in [1.82, 2.24) is 0 Å². The molecular weight excluding hydrogens is 329 g/mol. The Morgan fingerprint density at radius 3 is 2.09 bits per heavy atom. The van der Waals surface area contributed by atoms with E-state index in [2.05, 4.69) is 24.5 Å². The van der Waals surface area contributed by atoms with Gasteiger partial charge in [0.1, 0.15) is 5.82 Å². The van der Waals surface area contributed by atoms with Crippen molar-refractivity contribution in [1.29, 1.82) is 0 Å². The third-order valence-corrected chi connectivity index (χ3v) is 4.72. The number of halogens is 1. The molecule has 0 bridgehead atoms. The molecule has 0 saturated heterocycles. The highest BCUT2D eigenvalue weighted by molar-refractivity contribution is 7.15. The molecule has 0 fully saturated rings. The molecule has 0 heterocycles. The van der Waals surface area contributed by atoms with Crippen LogP contribution in [0.4, 0.5) is 4.39 Å². The first-order chi connectivity index (χ1) is 11.1. The minimum absolute atomic E-state index is 0.204. The Balaban J connectivity index is 2.60. The van der Waals surface area contributed by atoms with E-state index in [1.54, 1.807) is 20.3 Å². The van der Waals surface area contributed by atoms with Gasteiger partial charge in [-0.3, -0.25) is 0 Å². The van der Waals surface area contributed by atoms with E-state index >= 15 is 0 Å². The standard InChI is InChI=1S/C18H23FO2P2/c1-20-8-13-7-17(14(9-21-2)6-15(13)11-23)16-4-3-12(10-22)5-18(16)19/h3-7H,8-11,22-23H2,1-2H3. The second-order valence-electron chi connectivity index (χ2n) is 5.37. The molecule has 0 saturated carbocycles. The van der Waals surface area contributed by atoms with Crippen LogP contribution in [0.5, 0.6) is 0 Å². The van der Waals surface area contributed by atoms with E-state index in [0.717, 1.165) is 34.6 Å². The van der Waals surface area contributed by atoms with Gasteiger partial charge in [0.2, 0.25) is 0 Å². The zero-order valence-electron chi connectivity index (χ0n) is 13.6. The molecule has 0 radical (unpaired) electrons. The van der Waals surface area contributed by atoms with Crippen molar-refractivity contribution < 1.29 is 13.9 Å². The molecule has 23 heavy (non-hydrogen) atoms. The Morgan fingerprint density at radius 1 is 0.826 bits per heavy atom. The summed E-state index contributed by atoms with van der Waals surface area (Å²) in [6, 6.07) is 9.51. The molecule has 0 aromatic heterocycles. The van der Waals surface area contributed by atoms with Crippen molar-refractivity contribution in [2.24, 2.45) is 0 Å². The number of methoxy groups -OCH3 is 2. The number of ether oxygens (including phenoxy) is 2. The van der Waals surface area contributed by atoms with Crippen LogP contribution in [-0.4, -0.2) is 14.2 Å². The molecule has 0 aliphatic rings. The number of rotatable bonds is 7. The van der Waals surface area contributed by atoms with E-state index in [4.69, 9.17) is 9.47 Å². The molecule has 0 spiro atoms. The van der Waals surface area contributed by atoms with Gasteiger partial charge in [0, 0.05) is 19.8 Å². The molecule has 2 atom stereocenters. The molecular formula is C18H23FO2P2. The molecule has 2 aromatic rings. The first kappa shape index (κ1) is 18.5. The van der Waals surface area contributed by atoms with Crippen LogP contribution in [0.2, 0.25) is 0 Å². The Hall–Kier alpha value is -0.850. The first-order valence-corrected chi connectivity index (χ1v) is 9.09. The monoisotopic (exact) mass is 352 g/mol. The summed E-state index contributed by atoms with van der Waals surface area (Å²) < 4.78 is 25.2. The van der Waals surface area contributed by atoms with Crippen LogP contribution in [0, 0.1) is 5.82 Å². The summed E-state index contributed by atoms with van der Waals surface area (Å²) in [5, 5.41) is 0. The van der Waals surface area contributed by atoms with Gasteiger partial charge in [0.25, 0.3) is 0 Å². The van der Waals surface area contributed by atoms with Crippen molar-refractivity contribution in [3.05, 3.63) is 58.4 Å². The van der Waals surface area contributed by atoms with Gasteiger partial charge in [-0.25, -0.2) is 4.39 Å². The normalized spacial score (nSPS) is 11.0. The molecule has 2 unspecified atom stereocenters. The van der Waals surface area contributed by atoms with Gasteiger partial charge in [-0.2, -0.15) is 0 Å². The van der Waals surface area contributed by atoms with E-state index in [1.807, 2.05) is 18.2 Å². The van der Waals surface area contributed by atoms with Crippen LogP contribution < -0.4 is 0 Å². The molecule has 0 N–H and O–H groups in total. The minimum atomic E-state index is -0.204. The largest absolute Gasteiger partial charge is 0.380 e. The van der Waals surface area contributed by atoms with E-state index in [0.29, 0.717) is 18.8 Å². The summed E-state index contributed by atoms with van der Waals surface area (Å²) in [4.78, 5) is 0. The lowest BCUT2D eigenvalue weighted by Gasteiger charge is -2.16. The molecule has 5 heteroatoms. The molecule has 0 aliphatic heterocycles. The second-order valence-corrected chi connectivity index (χ2v) is 6.18. The van der Waals surface area contributed by atoms with Crippen molar-refractivity contribution in [3.63, 3.8) is 0 Å². The summed E-state index contributed by atoms with van der Waals surface area (Å²) in [7, 11) is 8.67.